The third-order valence-electron chi connectivity index (χ3n) is 4.05. The molecule has 1 N–H and O–H groups in total. The van der Waals surface area contributed by atoms with Gasteiger partial charge in [-0.15, -0.1) is 0 Å². The average Bonchev–Trinajstić information content (AvgIpc) is 3.04. The second-order valence-electron chi connectivity index (χ2n) is 6.71. The molecule has 26 heavy (non-hydrogen) atoms. The van der Waals surface area contributed by atoms with Crippen molar-refractivity contribution in [2.24, 2.45) is 5.92 Å². The standard InChI is InChI=1S/C18H27N3O4S/c1-14(2)12-25-18(24)21-8-3-7-20(9-10-21)16(22)4-6-19-17(23)15-5-11-26-13-15/h5,11,13-14H,3-4,6-10,12H2,1-2H3,(H,19,23). The Hall–Kier alpha value is -2.09. The molecule has 3 amide bonds. The minimum absolute atomic E-state index is 0.00647. The van der Waals surface area contributed by atoms with Crippen molar-refractivity contribution in [2.75, 3.05) is 39.3 Å². The number of thiophene rings is 1. The summed E-state index contributed by atoms with van der Waals surface area (Å²) < 4.78 is 5.26. The highest BCUT2D eigenvalue weighted by Gasteiger charge is 2.23. The zero-order chi connectivity index (χ0) is 18.9. The number of ether oxygens (including phenoxy) is 1. The van der Waals surface area contributed by atoms with Gasteiger partial charge in [0, 0.05) is 50.1 Å². The lowest BCUT2D eigenvalue weighted by Gasteiger charge is -2.22. The molecular formula is C18H27N3O4S. The Morgan fingerprint density at radius 3 is 2.62 bits per heavy atom. The van der Waals surface area contributed by atoms with E-state index < -0.39 is 0 Å². The van der Waals surface area contributed by atoms with E-state index in [1.165, 1.54) is 11.3 Å². The van der Waals surface area contributed by atoms with Crippen molar-refractivity contribution in [2.45, 2.75) is 26.7 Å². The Kier molecular flexibility index (Phi) is 7.90. The fraction of sp³-hybridized carbons (Fsp3) is 0.611. The molecule has 0 radical (unpaired) electrons. The van der Waals surface area contributed by atoms with Crippen LogP contribution in [0.2, 0.25) is 0 Å². The van der Waals surface area contributed by atoms with E-state index in [2.05, 4.69) is 5.32 Å². The quantitative estimate of drug-likeness (QED) is 0.819. The summed E-state index contributed by atoms with van der Waals surface area (Å²) in [5.74, 6) is 0.135. The van der Waals surface area contributed by atoms with E-state index in [1.807, 2.05) is 19.2 Å². The molecule has 2 rings (SSSR count). The summed E-state index contributed by atoms with van der Waals surface area (Å²) >= 11 is 1.46. The lowest BCUT2D eigenvalue weighted by molar-refractivity contribution is -0.130. The Balaban J connectivity index is 1.71. The first-order chi connectivity index (χ1) is 12.5. The maximum atomic E-state index is 12.4. The van der Waals surface area contributed by atoms with Gasteiger partial charge < -0.3 is 19.9 Å². The maximum absolute atomic E-state index is 12.4. The first kappa shape index (κ1) is 20.2. The number of carbonyl (C=O) groups excluding carboxylic acids is 3. The summed E-state index contributed by atoms with van der Waals surface area (Å²) in [4.78, 5) is 39.7. The van der Waals surface area contributed by atoms with Gasteiger partial charge in [0.1, 0.15) is 0 Å². The van der Waals surface area contributed by atoms with E-state index >= 15 is 0 Å². The van der Waals surface area contributed by atoms with E-state index in [4.69, 9.17) is 4.74 Å². The lowest BCUT2D eigenvalue weighted by Crippen LogP contribution is -2.39. The van der Waals surface area contributed by atoms with E-state index in [-0.39, 0.29) is 24.3 Å². The number of amides is 3. The fourth-order valence-electron chi connectivity index (χ4n) is 2.62. The Labute approximate surface area is 158 Å². The van der Waals surface area contributed by atoms with Crippen molar-refractivity contribution < 1.29 is 19.1 Å². The van der Waals surface area contributed by atoms with Crippen LogP contribution in [0.5, 0.6) is 0 Å². The van der Waals surface area contributed by atoms with Crippen LogP contribution in [-0.4, -0.2) is 67.0 Å². The first-order valence-electron chi connectivity index (χ1n) is 8.97. The topological polar surface area (TPSA) is 79.0 Å². The van der Waals surface area contributed by atoms with Crippen LogP contribution in [0, 0.1) is 5.92 Å². The van der Waals surface area contributed by atoms with Crippen LogP contribution in [0.3, 0.4) is 0 Å². The molecule has 0 atom stereocenters. The number of nitrogens with zero attached hydrogens (tertiary/aromatic N) is 2. The number of hydrogen-bond donors (Lipinski definition) is 1. The molecule has 1 saturated heterocycles. The Bertz CT molecular complexity index is 604. The van der Waals surface area contributed by atoms with Gasteiger partial charge in [0.25, 0.3) is 5.91 Å². The average molecular weight is 381 g/mol. The van der Waals surface area contributed by atoms with Gasteiger partial charge in [-0.2, -0.15) is 11.3 Å². The number of hydrogen-bond acceptors (Lipinski definition) is 5. The Morgan fingerprint density at radius 2 is 1.92 bits per heavy atom. The van der Waals surface area contributed by atoms with E-state index in [1.54, 1.807) is 21.2 Å². The van der Waals surface area contributed by atoms with Crippen molar-refractivity contribution in [1.29, 1.82) is 0 Å². The molecule has 0 unspecified atom stereocenters. The molecule has 0 aromatic carbocycles. The Morgan fingerprint density at radius 1 is 1.19 bits per heavy atom. The molecule has 1 aromatic heterocycles. The maximum Gasteiger partial charge on any atom is 0.409 e. The summed E-state index contributed by atoms with van der Waals surface area (Å²) in [6.45, 7) is 6.88. The molecule has 144 valence electrons. The van der Waals surface area contributed by atoms with Gasteiger partial charge in [-0.3, -0.25) is 9.59 Å². The normalized spacial score (nSPS) is 14.9. The number of nitrogens with one attached hydrogen (secondary N) is 1. The lowest BCUT2D eigenvalue weighted by atomic mass is 10.2. The van der Waals surface area contributed by atoms with Crippen LogP contribution >= 0.6 is 11.3 Å². The fourth-order valence-corrected chi connectivity index (χ4v) is 3.25. The van der Waals surface area contributed by atoms with Gasteiger partial charge in [-0.25, -0.2) is 4.79 Å². The largest absolute Gasteiger partial charge is 0.449 e. The third kappa shape index (κ3) is 6.33. The van der Waals surface area contributed by atoms with Gasteiger partial charge in [-0.1, -0.05) is 13.8 Å². The molecule has 7 nitrogen and oxygen atoms in total. The van der Waals surface area contributed by atoms with Crippen molar-refractivity contribution in [3.63, 3.8) is 0 Å². The molecule has 8 heteroatoms. The number of rotatable bonds is 6. The molecule has 1 aliphatic heterocycles. The predicted octanol–water partition coefficient (Wildman–Crippen LogP) is 2.19. The molecule has 1 aliphatic rings. The van der Waals surface area contributed by atoms with Gasteiger partial charge in [0.15, 0.2) is 0 Å². The SMILES string of the molecule is CC(C)COC(=O)N1CCCN(C(=O)CCNC(=O)c2ccsc2)CC1. The first-order valence-corrected chi connectivity index (χ1v) is 9.91. The predicted molar refractivity (Wildman–Crippen MR) is 100 cm³/mol. The monoisotopic (exact) mass is 381 g/mol. The van der Waals surface area contributed by atoms with E-state index in [0.29, 0.717) is 50.8 Å². The summed E-state index contributed by atoms with van der Waals surface area (Å²) in [7, 11) is 0. The highest BCUT2D eigenvalue weighted by atomic mass is 32.1. The van der Waals surface area contributed by atoms with Gasteiger partial charge >= 0.3 is 6.09 Å². The highest BCUT2D eigenvalue weighted by Crippen LogP contribution is 2.08. The summed E-state index contributed by atoms with van der Waals surface area (Å²) in [6.07, 6.45) is 0.674. The van der Waals surface area contributed by atoms with Gasteiger partial charge in [-0.05, 0) is 23.8 Å². The highest BCUT2D eigenvalue weighted by molar-refractivity contribution is 7.08. The molecule has 1 aromatic rings. The molecule has 0 bridgehead atoms. The van der Waals surface area contributed by atoms with Crippen LogP contribution in [0.15, 0.2) is 16.8 Å². The molecule has 0 saturated carbocycles. The molecule has 0 spiro atoms. The molecule has 0 aliphatic carbocycles. The van der Waals surface area contributed by atoms with Crippen LogP contribution in [-0.2, 0) is 9.53 Å². The minimum atomic E-state index is -0.309. The van der Waals surface area contributed by atoms with Crippen LogP contribution in [0.4, 0.5) is 4.79 Å². The van der Waals surface area contributed by atoms with Crippen LogP contribution in [0.1, 0.15) is 37.0 Å². The van der Waals surface area contributed by atoms with E-state index in [0.717, 1.165) is 6.42 Å². The molecule has 1 fully saturated rings. The van der Waals surface area contributed by atoms with Crippen molar-refractivity contribution in [1.82, 2.24) is 15.1 Å². The minimum Gasteiger partial charge on any atom is -0.449 e. The van der Waals surface area contributed by atoms with Crippen LogP contribution < -0.4 is 5.32 Å². The molecular weight excluding hydrogens is 354 g/mol. The zero-order valence-electron chi connectivity index (χ0n) is 15.4. The summed E-state index contributed by atoms with van der Waals surface area (Å²) in [5.41, 5.74) is 0.618. The van der Waals surface area contributed by atoms with Gasteiger partial charge in [0.05, 0.1) is 6.61 Å². The van der Waals surface area contributed by atoms with Crippen molar-refractivity contribution >= 4 is 29.2 Å². The van der Waals surface area contributed by atoms with Crippen molar-refractivity contribution in [3.05, 3.63) is 22.4 Å². The zero-order valence-corrected chi connectivity index (χ0v) is 16.2. The summed E-state index contributed by atoms with van der Waals surface area (Å²) in [6, 6.07) is 1.75. The van der Waals surface area contributed by atoms with E-state index in [9.17, 15) is 14.4 Å². The molecule has 2 heterocycles. The van der Waals surface area contributed by atoms with Crippen molar-refractivity contribution in [3.8, 4) is 0 Å². The second-order valence-corrected chi connectivity index (χ2v) is 7.49. The number of carbonyl (C=O) groups is 3. The summed E-state index contributed by atoms with van der Waals surface area (Å²) in [5, 5.41) is 6.38. The van der Waals surface area contributed by atoms with Gasteiger partial charge in [0.2, 0.25) is 5.91 Å². The third-order valence-corrected chi connectivity index (χ3v) is 4.74. The van der Waals surface area contributed by atoms with Crippen LogP contribution in [0.25, 0.3) is 0 Å². The smallest absolute Gasteiger partial charge is 0.409 e. The second kappa shape index (κ2) is 10.2.